The molecule has 1 aliphatic heterocycles. The summed E-state index contributed by atoms with van der Waals surface area (Å²) in [7, 11) is 0. The van der Waals surface area contributed by atoms with E-state index in [0.717, 1.165) is 25.9 Å². The molecule has 0 saturated carbocycles. The summed E-state index contributed by atoms with van der Waals surface area (Å²) in [5, 5.41) is 4.13. The van der Waals surface area contributed by atoms with Crippen LogP contribution in [0.4, 0.5) is 4.39 Å². The Morgan fingerprint density at radius 3 is 2.50 bits per heavy atom. The lowest BCUT2D eigenvalue weighted by atomic mass is 9.89. The van der Waals surface area contributed by atoms with Gasteiger partial charge in [-0.3, -0.25) is 0 Å². The van der Waals surface area contributed by atoms with Crippen LogP contribution in [0.5, 0.6) is 0 Å². The quantitative estimate of drug-likeness (QED) is 0.849. The molecule has 16 heavy (non-hydrogen) atoms. The first-order valence-corrected chi connectivity index (χ1v) is 6.24. The highest BCUT2D eigenvalue weighted by atomic mass is 35.5. The maximum atomic E-state index is 14.2. The number of benzene rings is 1. The Balaban J connectivity index is 2.12. The van der Waals surface area contributed by atoms with E-state index in [1.807, 2.05) is 0 Å². The minimum Gasteiger partial charge on any atom is -0.317 e. The molecule has 1 N–H and O–H groups in total. The first-order chi connectivity index (χ1) is 7.68. The summed E-state index contributed by atoms with van der Waals surface area (Å²) >= 11 is 11.7. The monoisotopic (exact) mass is 261 g/mol. The van der Waals surface area contributed by atoms with Gasteiger partial charge >= 0.3 is 0 Å². The second-order valence-electron chi connectivity index (χ2n) is 4.16. The van der Waals surface area contributed by atoms with Gasteiger partial charge in [0.25, 0.3) is 0 Å². The average molecular weight is 262 g/mol. The van der Waals surface area contributed by atoms with Crippen LogP contribution in [0, 0.1) is 5.92 Å². The Hall–Kier alpha value is -0.310. The molecule has 0 aliphatic carbocycles. The summed E-state index contributed by atoms with van der Waals surface area (Å²) in [6.07, 6.45) is 0.819. The third-order valence-electron chi connectivity index (χ3n) is 3.06. The van der Waals surface area contributed by atoms with Crippen molar-refractivity contribution in [3.63, 3.8) is 0 Å². The molecule has 0 bridgehead atoms. The fourth-order valence-corrected chi connectivity index (χ4v) is 2.40. The van der Waals surface area contributed by atoms with Crippen LogP contribution in [0.25, 0.3) is 0 Å². The van der Waals surface area contributed by atoms with Crippen molar-refractivity contribution >= 4 is 23.2 Å². The second kappa shape index (κ2) is 5.35. The van der Waals surface area contributed by atoms with Crippen molar-refractivity contribution in [1.82, 2.24) is 5.32 Å². The van der Waals surface area contributed by atoms with Crippen LogP contribution in [-0.4, -0.2) is 13.1 Å². The minimum atomic E-state index is -0.933. The van der Waals surface area contributed by atoms with Gasteiger partial charge in [-0.25, -0.2) is 4.39 Å². The molecular formula is C12H14Cl2FN. The molecule has 88 valence electrons. The normalized spacial score (nSPS) is 19.7. The van der Waals surface area contributed by atoms with Crippen molar-refractivity contribution in [2.45, 2.75) is 19.0 Å². The fourth-order valence-electron chi connectivity index (χ4n) is 2.09. The predicted molar refractivity (Wildman–Crippen MR) is 65.9 cm³/mol. The van der Waals surface area contributed by atoms with Crippen LogP contribution >= 0.6 is 23.2 Å². The summed E-state index contributed by atoms with van der Waals surface area (Å²) in [6, 6.07) is 5.02. The zero-order valence-corrected chi connectivity index (χ0v) is 10.4. The number of nitrogens with one attached hydrogen (secondary N) is 1. The largest absolute Gasteiger partial charge is 0.317 e. The number of rotatable bonds is 2. The number of piperidine rings is 1. The van der Waals surface area contributed by atoms with Crippen LogP contribution < -0.4 is 5.32 Å². The summed E-state index contributed by atoms with van der Waals surface area (Å²) in [5.74, 6) is 0.0958. The third-order valence-corrected chi connectivity index (χ3v) is 3.80. The zero-order chi connectivity index (χ0) is 11.5. The van der Waals surface area contributed by atoms with E-state index < -0.39 is 6.17 Å². The van der Waals surface area contributed by atoms with Gasteiger partial charge in [-0.15, -0.1) is 0 Å². The molecular weight excluding hydrogens is 248 g/mol. The van der Waals surface area contributed by atoms with Crippen molar-refractivity contribution in [2.24, 2.45) is 5.92 Å². The van der Waals surface area contributed by atoms with Crippen molar-refractivity contribution in [2.75, 3.05) is 13.1 Å². The average Bonchev–Trinajstić information content (AvgIpc) is 2.33. The Labute approximate surface area is 105 Å². The van der Waals surface area contributed by atoms with E-state index in [1.165, 1.54) is 0 Å². The molecule has 1 atom stereocenters. The van der Waals surface area contributed by atoms with Crippen molar-refractivity contribution in [1.29, 1.82) is 0 Å². The molecule has 4 heteroatoms. The van der Waals surface area contributed by atoms with Gasteiger partial charge in [0, 0.05) is 0 Å². The van der Waals surface area contributed by atoms with E-state index in [1.54, 1.807) is 18.2 Å². The highest BCUT2D eigenvalue weighted by Crippen LogP contribution is 2.34. The summed E-state index contributed by atoms with van der Waals surface area (Å²) in [6.45, 7) is 1.79. The lowest BCUT2D eigenvalue weighted by molar-refractivity contribution is 0.190. The molecule has 0 spiro atoms. The van der Waals surface area contributed by atoms with E-state index >= 15 is 0 Å². The van der Waals surface area contributed by atoms with E-state index in [9.17, 15) is 4.39 Å². The van der Waals surface area contributed by atoms with Crippen LogP contribution in [-0.2, 0) is 0 Å². The first kappa shape index (κ1) is 12.2. The topological polar surface area (TPSA) is 12.0 Å². The van der Waals surface area contributed by atoms with Gasteiger partial charge in [0.2, 0.25) is 0 Å². The van der Waals surface area contributed by atoms with Gasteiger partial charge < -0.3 is 5.32 Å². The minimum absolute atomic E-state index is 0.0958. The first-order valence-electron chi connectivity index (χ1n) is 5.48. The summed E-state index contributed by atoms with van der Waals surface area (Å²) < 4.78 is 14.2. The lowest BCUT2D eigenvalue weighted by Crippen LogP contribution is -2.29. The molecule has 1 aromatic rings. The second-order valence-corrected chi connectivity index (χ2v) is 4.98. The molecule has 0 aromatic heterocycles. The SMILES string of the molecule is FC(c1ccc(Cl)c(Cl)c1)C1CCNCC1. The molecule has 0 amide bonds. The number of hydrogen-bond donors (Lipinski definition) is 1. The molecule has 0 radical (unpaired) electrons. The number of alkyl halides is 1. The van der Waals surface area contributed by atoms with E-state index in [0.29, 0.717) is 15.6 Å². The number of halogens is 3. The molecule has 1 aromatic carbocycles. The van der Waals surface area contributed by atoms with E-state index in [4.69, 9.17) is 23.2 Å². The third kappa shape index (κ3) is 2.68. The van der Waals surface area contributed by atoms with E-state index in [-0.39, 0.29) is 5.92 Å². The smallest absolute Gasteiger partial charge is 0.128 e. The standard InChI is InChI=1S/C12H14Cl2FN/c13-10-2-1-9(7-11(10)14)12(15)8-3-5-16-6-4-8/h1-2,7-8,12,16H,3-6H2. The Morgan fingerprint density at radius 2 is 1.88 bits per heavy atom. The van der Waals surface area contributed by atoms with Crippen LogP contribution in [0.1, 0.15) is 24.6 Å². The maximum absolute atomic E-state index is 14.2. The maximum Gasteiger partial charge on any atom is 0.128 e. The number of hydrogen-bond acceptors (Lipinski definition) is 1. The van der Waals surface area contributed by atoms with Gasteiger partial charge in [-0.2, -0.15) is 0 Å². The lowest BCUT2D eigenvalue weighted by Gasteiger charge is -2.26. The van der Waals surface area contributed by atoms with Gasteiger partial charge in [-0.05, 0) is 49.5 Å². The van der Waals surface area contributed by atoms with Crippen molar-refractivity contribution < 1.29 is 4.39 Å². The van der Waals surface area contributed by atoms with Gasteiger partial charge in [-0.1, -0.05) is 29.3 Å². The van der Waals surface area contributed by atoms with Crippen molar-refractivity contribution in [3.8, 4) is 0 Å². The predicted octanol–water partition coefficient (Wildman–Crippen LogP) is 4.00. The Kier molecular flexibility index (Phi) is 4.06. The van der Waals surface area contributed by atoms with E-state index in [2.05, 4.69) is 5.32 Å². The fraction of sp³-hybridized carbons (Fsp3) is 0.500. The summed E-state index contributed by atoms with van der Waals surface area (Å²) in [4.78, 5) is 0. The Bertz CT molecular complexity index is 364. The molecule has 1 saturated heterocycles. The molecule has 1 aliphatic rings. The molecule has 1 nitrogen and oxygen atoms in total. The molecule has 1 unspecified atom stereocenters. The zero-order valence-electron chi connectivity index (χ0n) is 8.85. The van der Waals surface area contributed by atoms with Gasteiger partial charge in [0.1, 0.15) is 6.17 Å². The van der Waals surface area contributed by atoms with Gasteiger partial charge in [0.15, 0.2) is 0 Å². The molecule has 1 fully saturated rings. The van der Waals surface area contributed by atoms with Crippen LogP contribution in [0.2, 0.25) is 10.0 Å². The van der Waals surface area contributed by atoms with Gasteiger partial charge in [0.05, 0.1) is 10.0 Å². The summed E-state index contributed by atoms with van der Waals surface area (Å²) in [5.41, 5.74) is 0.640. The molecule has 1 heterocycles. The highest BCUT2D eigenvalue weighted by molar-refractivity contribution is 6.42. The Morgan fingerprint density at radius 1 is 1.19 bits per heavy atom. The van der Waals surface area contributed by atoms with Crippen LogP contribution in [0.15, 0.2) is 18.2 Å². The van der Waals surface area contributed by atoms with Crippen molar-refractivity contribution in [3.05, 3.63) is 33.8 Å². The highest BCUT2D eigenvalue weighted by Gasteiger charge is 2.24. The molecule has 2 rings (SSSR count). The van der Waals surface area contributed by atoms with Crippen LogP contribution in [0.3, 0.4) is 0 Å².